The molecule has 8 aromatic rings. The van der Waals surface area contributed by atoms with E-state index >= 15 is 0 Å². The maximum Gasteiger partial charge on any atom is 0.171 e. The molecule has 0 unspecified atom stereocenters. The third-order valence-electron chi connectivity index (χ3n) is 8.34. The Morgan fingerprint density at radius 1 is 0.442 bits per heavy atom. The first kappa shape index (κ1) is 25.5. The lowest BCUT2D eigenvalue weighted by atomic mass is 9.99. The third kappa shape index (κ3) is 4.13. The zero-order valence-corrected chi connectivity index (χ0v) is 24.2. The minimum atomic E-state index is -3.00. The Labute approximate surface area is 250 Å². The van der Waals surface area contributed by atoms with Gasteiger partial charge in [-0.3, -0.25) is 4.98 Å². The van der Waals surface area contributed by atoms with Crippen LogP contribution in [0.3, 0.4) is 0 Å². The second-order valence-corrected chi connectivity index (χ2v) is 13.5. The molecule has 0 saturated carbocycles. The summed E-state index contributed by atoms with van der Waals surface area (Å²) in [5, 5.41) is 3.72. The van der Waals surface area contributed by atoms with Gasteiger partial charge in [-0.25, -0.2) is 0 Å². The summed E-state index contributed by atoms with van der Waals surface area (Å²) in [4.78, 5) is 4.78. The molecule has 0 spiro atoms. The number of hydrogen-bond acceptors (Lipinski definition) is 2. The van der Waals surface area contributed by atoms with E-state index in [2.05, 4.69) is 83.3 Å². The predicted molar refractivity (Wildman–Crippen MR) is 180 cm³/mol. The molecule has 0 atom stereocenters. The lowest BCUT2D eigenvalue weighted by Crippen LogP contribution is -2.24. The molecule has 43 heavy (non-hydrogen) atoms. The molecule has 3 nitrogen and oxygen atoms in total. The molecule has 0 aliphatic heterocycles. The van der Waals surface area contributed by atoms with Crippen molar-refractivity contribution in [2.45, 2.75) is 0 Å². The Morgan fingerprint density at radius 3 is 1.58 bits per heavy atom. The minimum absolute atomic E-state index is 0.830. The topological polar surface area (TPSA) is 34.4 Å². The van der Waals surface area contributed by atoms with E-state index in [1.807, 2.05) is 85.1 Å². The predicted octanol–water partition coefficient (Wildman–Crippen LogP) is 8.61. The number of rotatable bonds is 5. The van der Waals surface area contributed by atoms with E-state index in [-0.39, 0.29) is 0 Å². The zero-order valence-electron chi connectivity index (χ0n) is 23.3. The van der Waals surface area contributed by atoms with Crippen molar-refractivity contribution >= 4 is 50.5 Å². The molecule has 0 saturated heterocycles. The van der Waals surface area contributed by atoms with Crippen molar-refractivity contribution in [3.05, 3.63) is 164 Å². The standard InChI is InChI=1S/C39H27N2OP/c42-43(31-11-3-1-4-12-31,32-13-5-2-6-14-32)33-25-23-29(24-26-33)28-19-21-30(22-20-28)39-34-15-7-9-17-36(34)41-37-18-10-8-16-35(37)40-27-38(39)41/h1-27H. The molecule has 0 radical (unpaired) electrons. The van der Waals surface area contributed by atoms with Crippen molar-refractivity contribution in [2.24, 2.45) is 0 Å². The number of benzene rings is 6. The van der Waals surface area contributed by atoms with Crippen LogP contribution in [-0.4, -0.2) is 9.38 Å². The van der Waals surface area contributed by atoms with Crippen LogP contribution in [0.25, 0.3) is 49.7 Å². The summed E-state index contributed by atoms with van der Waals surface area (Å²) in [5.74, 6) is 0. The van der Waals surface area contributed by atoms with Gasteiger partial charge in [-0.1, -0.05) is 140 Å². The molecule has 6 aromatic carbocycles. The van der Waals surface area contributed by atoms with Gasteiger partial charge < -0.3 is 8.97 Å². The average Bonchev–Trinajstić information content (AvgIpc) is 3.44. The normalized spacial score (nSPS) is 11.8. The largest absolute Gasteiger partial charge is 0.309 e. The highest BCUT2D eigenvalue weighted by Gasteiger charge is 2.29. The SMILES string of the molecule is O=P(c1ccccc1)(c1ccccc1)c1ccc(-c2ccc(-c3c4ccccc4n4c3cnc3ccccc34)cc2)cc1. The molecule has 0 aliphatic carbocycles. The number of fused-ring (bicyclic) bond motifs is 5. The highest BCUT2D eigenvalue weighted by Crippen LogP contribution is 2.43. The Morgan fingerprint density at radius 2 is 0.930 bits per heavy atom. The van der Waals surface area contributed by atoms with Gasteiger partial charge in [0.25, 0.3) is 0 Å². The fourth-order valence-corrected chi connectivity index (χ4v) is 8.90. The van der Waals surface area contributed by atoms with Crippen LogP contribution in [0.1, 0.15) is 0 Å². The molecule has 4 heteroatoms. The maximum atomic E-state index is 14.7. The summed E-state index contributed by atoms with van der Waals surface area (Å²) in [7, 11) is -3.00. The summed E-state index contributed by atoms with van der Waals surface area (Å²) < 4.78 is 17.0. The highest BCUT2D eigenvalue weighted by molar-refractivity contribution is 7.85. The smallest absolute Gasteiger partial charge is 0.171 e. The lowest BCUT2D eigenvalue weighted by Gasteiger charge is -2.20. The van der Waals surface area contributed by atoms with Crippen molar-refractivity contribution in [1.29, 1.82) is 0 Å². The van der Waals surface area contributed by atoms with Gasteiger partial charge >= 0.3 is 0 Å². The first-order valence-corrected chi connectivity index (χ1v) is 16.1. The van der Waals surface area contributed by atoms with E-state index in [0.717, 1.165) is 49.2 Å². The third-order valence-corrected chi connectivity index (χ3v) is 11.4. The molecular weight excluding hydrogens is 543 g/mol. The van der Waals surface area contributed by atoms with E-state index in [4.69, 9.17) is 4.98 Å². The van der Waals surface area contributed by atoms with Gasteiger partial charge in [0, 0.05) is 26.9 Å². The first-order chi connectivity index (χ1) is 21.2. The summed E-state index contributed by atoms with van der Waals surface area (Å²) in [6, 6.07) is 53.4. The number of nitrogens with zero attached hydrogens (tertiary/aromatic N) is 2. The number of para-hydroxylation sites is 3. The molecule has 8 rings (SSSR count). The molecule has 0 N–H and O–H groups in total. The van der Waals surface area contributed by atoms with Gasteiger partial charge in [0.15, 0.2) is 7.14 Å². The maximum absolute atomic E-state index is 14.7. The molecule has 0 aliphatic rings. The Balaban J connectivity index is 1.20. The van der Waals surface area contributed by atoms with E-state index in [1.54, 1.807) is 0 Å². The van der Waals surface area contributed by atoms with Crippen LogP contribution in [0.15, 0.2) is 164 Å². The number of hydrogen-bond donors (Lipinski definition) is 0. The van der Waals surface area contributed by atoms with Gasteiger partial charge in [0.1, 0.15) is 0 Å². The Kier molecular flexibility index (Phi) is 6.06. The lowest BCUT2D eigenvalue weighted by molar-refractivity contribution is 0.592. The summed E-state index contributed by atoms with van der Waals surface area (Å²) >= 11 is 0. The highest BCUT2D eigenvalue weighted by atomic mass is 31.2. The fourth-order valence-electron chi connectivity index (χ4n) is 6.25. The van der Waals surface area contributed by atoms with Crippen molar-refractivity contribution < 1.29 is 4.57 Å². The Bertz CT molecular complexity index is 2250. The van der Waals surface area contributed by atoms with Gasteiger partial charge in [0.2, 0.25) is 0 Å². The first-order valence-electron chi connectivity index (χ1n) is 14.4. The number of aromatic nitrogens is 2. The van der Waals surface area contributed by atoms with Crippen LogP contribution in [0.5, 0.6) is 0 Å². The molecule has 0 fully saturated rings. The van der Waals surface area contributed by atoms with Crippen LogP contribution in [-0.2, 0) is 4.57 Å². The Hall–Kier alpha value is -5.24. The fraction of sp³-hybridized carbons (Fsp3) is 0. The summed E-state index contributed by atoms with van der Waals surface area (Å²) in [5.41, 5.74) is 8.87. The average molecular weight is 571 g/mol. The molecule has 0 bridgehead atoms. The van der Waals surface area contributed by atoms with Crippen LogP contribution < -0.4 is 15.9 Å². The van der Waals surface area contributed by atoms with Crippen molar-refractivity contribution in [3.63, 3.8) is 0 Å². The molecule has 204 valence electrons. The monoisotopic (exact) mass is 570 g/mol. The van der Waals surface area contributed by atoms with Crippen LogP contribution in [0.2, 0.25) is 0 Å². The summed E-state index contributed by atoms with van der Waals surface area (Å²) in [6.07, 6.45) is 1.99. The van der Waals surface area contributed by atoms with Gasteiger partial charge in [-0.2, -0.15) is 0 Å². The summed E-state index contributed by atoms with van der Waals surface area (Å²) in [6.45, 7) is 0. The minimum Gasteiger partial charge on any atom is -0.309 e. The van der Waals surface area contributed by atoms with Crippen molar-refractivity contribution in [3.8, 4) is 22.3 Å². The quantitative estimate of drug-likeness (QED) is 0.194. The van der Waals surface area contributed by atoms with Crippen molar-refractivity contribution in [2.75, 3.05) is 0 Å². The molecular formula is C39H27N2OP. The molecule has 2 heterocycles. The van der Waals surface area contributed by atoms with Crippen molar-refractivity contribution in [1.82, 2.24) is 9.38 Å². The second-order valence-electron chi connectivity index (χ2n) is 10.8. The van der Waals surface area contributed by atoms with Crippen LogP contribution >= 0.6 is 7.14 Å². The van der Waals surface area contributed by atoms with Gasteiger partial charge in [-0.05, 0) is 34.9 Å². The van der Waals surface area contributed by atoms with E-state index in [0.29, 0.717) is 0 Å². The van der Waals surface area contributed by atoms with E-state index in [9.17, 15) is 4.57 Å². The van der Waals surface area contributed by atoms with Crippen LogP contribution in [0, 0.1) is 0 Å². The molecule has 0 amide bonds. The molecule has 2 aromatic heterocycles. The zero-order chi connectivity index (χ0) is 28.8. The van der Waals surface area contributed by atoms with E-state index in [1.165, 1.54) is 16.5 Å². The van der Waals surface area contributed by atoms with Crippen LogP contribution in [0.4, 0.5) is 0 Å². The van der Waals surface area contributed by atoms with Gasteiger partial charge in [-0.15, -0.1) is 0 Å². The second kappa shape index (κ2) is 10.2. The van der Waals surface area contributed by atoms with Gasteiger partial charge in [0.05, 0.1) is 28.3 Å². The van der Waals surface area contributed by atoms with E-state index < -0.39 is 7.14 Å².